The van der Waals surface area contributed by atoms with Crippen LogP contribution in [0.25, 0.3) is 0 Å². The van der Waals surface area contributed by atoms with Crippen LogP contribution in [0, 0.1) is 6.92 Å². The molecule has 0 atom stereocenters. The van der Waals surface area contributed by atoms with Crippen molar-refractivity contribution in [1.29, 1.82) is 0 Å². The molecule has 0 aromatic heterocycles. The lowest BCUT2D eigenvalue weighted by atomic mass is 10.1. The Hall–Kier alpha value is -0.780. The molecular formula is C12H20IN3. The molecule has 0 fully saturated rings. The maximum absolute atomic E-state index is 5.70. The Balaban J connectivity index is 0.00000225. The Bertz CT molecular complexity index is 348. The van der Waals surface area contributed by atoms with Crippen molar-refractivity contribution in [3.8, 4) is 0 Å². The van der Waals surface area contributed by atoms with Crippen molar-refractivity contribution < 1.29 is 0 Å². The smallest absolute Gasteiger partial charge is 0.189 e. The molecule has 0 saturated carbocycles. The second-order valence-electron chi connectivity index (χ2n) is 3.99. The van der Waals surface area contributed by atoms with Crippen LogP contribution in [-0.2, 0) is 6.54 Å². The molecule has 3 N–H and O–H groups in total. The van der Waals surface area contributed by atoms with Crippen LogP contribution in [0.3, 0.4) is 0 Å². The minimum Gasteiger partial charge on any atom is -0.370 e. The van der Waals surface area contributed by atoms with Gasteiger partial charge in [0.2, 0.25) is 0 Å². The fourth-order valence-corrected chi connectivity index (χ4v) is 1.33. The van der Waals surface area contributed by atoms with Gasteiger partial charge in [-0.3, -0.25) is 0 Å². The number of hydrogen-bond donors (Lipinski definition) is 2. The summed E-state index contributed by atoms with van der Waals surface area (Å²) in [7, 11) is 0. The van der Waals surface area contributed by atoms with Gasteiger partial charge in [0.1, 0.15) is 0 Å². The fourth-order valence-electron chi connectivity index (χ4n) is 1.33. The highest BCUT2D eigenvalue weighted by Crippen LogP contribution is 2.04. The van der Waals surface area contributed by atoms with Crippen LogP contribution in [0.4, 0.5) is 0 Å². The first-order valence-corrected chi connectivity index (χ1v) is 5.20. The van der Waals surface area contributed by atoms with E-state index < -0.39 is 0 Å². The van der Waals surface area contributed by atoms with E-state index in [1.807, 2.05) is 19.9 Å². The molecule has 0 aliphatic rings. The minimum atomic E-state index is 0. The van der Waals surface area contributed by atoms with Crippen LogP contribution in [0.1, 0.15) is 25.0 Å². The van der Waals surface area contributed by atoms with E-state index >= 15 is 0 Å². The summed E-state index contributed by atoms with van der Waals surface area (Å²) in [6.07, 6.45) is 0. The molecule has 0 amide bonds. The summed E-state index contributed by atoms with van der Waals surface area (Å²) in [6, 6.07) is 8.60. The van der Waals surface area contributed by atoms with E-state index in [1.54, 1.807) is 0 Å². The van der Waals surface area contributed by atoms with Crippen molar-refractivity contribution in [3.63, 3.8) is 0 Å². The summed E-state index contributed by atoms with van der Waals surface area (Å²) in [4.78, 5) is 4.26. The molecule has 16 heavy (non-hydrogen) atoms. The average Bonchev–Trinajstić information content (AvgIpc) is 2.14. The summed E-state index contributed by atoms with van der Waals surface area (Å²) in [5.41, 5.74) is 8.13. The highest BCUT2D eigenvalue weighted by Gasteiger charge is 1.95. The zero-order valence-corrected chi connectivity index (χ0v) is 12.4. The average molecular weight is 333 g/mol. The highest BCUT2D eigenvalue weighted by molar-refractivity contribution is 14.0. The number of benzene rings is 1. The van der Waals surface area contributed by atoms with Gasteiger partial charge in [-0.2, -0.15) is 0 Å². The SMILES string of the molecule is Cc1cccc(CN=C(N)NC(C)C)c1.I. The van der Waals surface area contributed by atoms with E-state index in [0.717, 1.165) is 0 Å². The second-order valence-corrected chi connectivity index (χ2v) is 3.99. The van der Waals surface area contributed by atoms with Gasteiger partial charge < -0.3 is 11.1 Å². The van der Waals surface area contributed by atoms with E-state index in [9.17, 15) is 0 Å². The van der Waals surface area contributed by atoms with Crippen LogP contribution >= 0.6 is 24.0 Å². The molecule has 0 bridgehead atoms. The number of hydrogen-bond acceptors (Lipinski definition) is 1. The van der Waals surface area contributed by atoms with Gasteiger partial charge in [-0.05, 0) is 26.3 Å². The second kappa shape index (κ2) is 7.49. The standard InChI is InChI=1S/C12H19N3.HI/c1-9(2)15-12(13)14-8-11-6-4-5-10(3)7-11;/h4-7,9H,8H2,1-3H3,(H3,13,14,15);1H. The monoisotopic (exact) mass is 333 g/mol. The van der Waals surface area contributed by atoms with Crippen molar-refractivity contribution in [2.24, 2.45) is 10.7 Å². The van der Waals surface area contributed by atoms with Gasteiger partial charge in [0, 0.05) is 6.04 Å². The van der Waals surface area contributed by atoms with Gasteiger partial charge in [0.15, 0.2) is 5.96 Å². The molecule has 3 nitrogen and oxygen atoms in total. The number of nitrogens with one attached hydrogen (secondary N) is 1. The van der Waals surface area contributed by atoms with E-state index in [0.29, 0.717) is 18.5 Å². The molecule has 0 saturated heterocycles. The summed E-state index contributed by atoms with van der Waals surface area (Å²) >= 11 is 0. The van der Waals surface area contributed by atoms with Crippen LogP contribution in [0.5, 0.6) is 0 Å². The highest BCUT2D eigenvalue weighted by atomic mass is 127. The molecule has 90 valence electrons. The summed E-state index contributed by atoms with van der Waals surface area (Å²) < 4.78 is 0. The number of nitrogens with two attached hydrogens (primary N) is 1. The Kier molecular flexibility index (Phi) is 7.12. The summed E-state index contributed by atoms with van der Waals surface area (Å²) in [5, 5.41) is 3.06. The molecule has 0 heterocycles. The van der Waals surface area contributed by atoms with E-state index in [-0.39, 0.29) is 24.0 Å². The van der Waals surface area contributed by atoms with Crippen LogP contribution in [-0.4, -0.2) is 12.0 Å². The molecule has 0 aliphatic heterocycles. The molecule has 0 spiro atoms. The molecule has 1 aromatic carbocycles. The lowest BCUT2D eigenvalue weighted by Gasteiger charge is -2.08. The lowest BCUT2D eigenvalue weighted by Crippen LogP contribution is -2.36. The van der Waals surface area contributed by atoms with E-state index in [1.165, 1.54) is 11.1 Å². The Morgan fingerprint density at radius 3 is 2.69 bits per heavy atom. The molecule has 0 radical (unpaired) electrons. The van der Waals surface area contributed by atoms with Crippen molar-refractivity contribution >= 4 is 29.9 Å². The number of rotatable bonds is 3. The first-order chi connectivity index (χ1) is 7.08. The van der Waals surface area contributed by atoms with Gasteiger partial charge in [-0.1, -0.05) is 29.8 Å². The third-order valence-electron chi connectivity index (χ3n) is 1.95. The third kappa shape index (κ3) is 5.95. The minimum absolute atomic E-state index is 0. The predicted octanol–water partition coefficient (Wildman–Crippen LogP) is 2.43. The maximum atomic E-state index is 5.70. The first kappa shape index (κ1) is 15.2. The van der Waals surface area contributed by atoms with Gasteiger partial charge >= 0.3 is 0 Å². The molecule has 4 heteroatoms. The Morgan fingerprint density at radius 2 is 2.12 bits per heavy atom. The molecule has 0 aliphatic carbocycles. The Labute approximate surface area is 115 Å². The van der Waals surface area contributed by atoms with Crippen molar-refractivity contribution in [3.05, 3.63) is 35.4 Å². The lowest BCUT2D eigenvalue weighted by molar-refractivity contribution is 0.723. The predicted molar refractivity (Wildman–Crippen MR) is 80.2 cm³/mol. The van der Waals surface area contributed by atoms with Crippen LogP contribution < -0.4 is 11.1 Å². The van der Waals surface area contributed by atoms with Crippen molar-refractivity contribution in [2.75, 3.05) is 0 Å². The normalized spacial score (nSPS) is 11.1. The van der Waals surface area contributed by atoms with Gasteiger partial charge in [0.05, 0.1) is 6.54 Å². The zero-order chi connectivity index (χ0) is 11.3. The van der Waals surface area contributed by atoms with E-state index in [2.05, 4.69) is 35.4 Å². The van der Waals surface area contributed by atoms with Crippen molar-refractivity contribution in [1.82, 2.24) is 5.32 Å². The quantitative estimate of drug-likeness (QED) is 0.507. The summed E-state index contributed by atoms with van der Waals surface area (Å²) in [5.74, 6) is 0.506. The number of guanidine groups is 1. The van der Waals surface area contributed by atoms with Crippen molar-refractivity contribution in [2.45, 2.75) is 33.4 Å². The maximum Gasteiger partial charge on any atom is 0.189 e. The number of aryl methyl sites for hydroxylation is 1. The van der Waals surface area contributed by atoms with E-state index in [4.69, 9.17) is 5.73 Å². The largest absolute Gasteiger partial charge is 0.370 e. The summed E-state index contributed by atoms with van der Waals surface area (Å²) in [6.45, 7) is 6.78. The zero-order valence-electron chi connectivity index (χ0n) is 10.0. The number of nitrogens with zero attached hydrogens (tertiary/aromatic N) is 1. The van der Waals surface area contributed by atoms with Gasteiger partial charge in [-0.25, -0.2) is 4.99 Å². The molecule has 1 aromatic rings. The van der Waals surface area contributed by atoms with Crippen LogP contribution in [0.15, 0.2) is 29.3 Å². The Morgan fingerprint density at radius 1 is 1.44 bits per heavy atom. The first-order valence-electron chi connectivity index (χ1n) is 5.20. The topological polar surface area (TPSA) is 50.4 Å². The molecule has 0 unspecified atom stereocenters. The van der Waals surface area contributed by atoms with Gasteiger partial charge in [-0.15, -0.1) is 24.0 Å². The van der Waals surface area contributed by atoms with Crippen LogP contribution in [0.2, 0.25) is 0 Å². The number of aliphatic imine (C=N–C) groups is 1. The number of halogens is 1. The van der Waals surface area contributed by atoms with Gasteiger partial charge in [0.25, 0.3) is 0 Å². The molecule has 1 rings (SSSR count). The fraction of sp³-hybridized carbons (Fsp3) is 0.417. The third-order valence-corrected chi connectivity index (χ3v) is 1.95. The molecular weight excluding hydrogens is 313 g/mol.